The van der Waals surface area contributed by atoms with Crippen molar-refractivity contribution in [1.82, 2.24) is 9.80 Å². The summed E-state index contributed by atoms with van der Waals surface area (Å²) >= 11 is 0. The van der Waals surface area contributed by atoms with Gasteiger partial charge in [-0.2, -0.15) is 26.3 Å². The van der Waals surface area contributed by atoms with E-state index in [4.69, 9.17) is 0 Å². The highest BCUT2D eigenvalue weighted by molar-refractivity contribution is 5.74. The van der Waals surface area contributed by atoms with Gasteiger partial charge in [0.1, 0.15) is 0 Å². The molecule has 1 saturated heterocycles. The van der Waals surface area contributed by atoms with Gasteiger partial charge in [0.05, 0.1) is 17.2 Å². The first-order valence-electron chi connectivity index (χ1n) is 8.22. The first-order chi connectivity index (χ1) is 11.9. The molecule has 0 N–H and O–H groups in total. The number of urea groups is 1. The van der Waals surface area contributed by atoms with Crippen LogP contribution >= 0.6 is 0 Å². The zero-order valence-corrected chi connectivity index (χ0v) is 14.4. The lowest BCUT2D eigenvalue weighted by Crippen LogP contribution is -2.44. The van der Waals surface area contributed by atoms with E-state index in [2.05, 4.69) is 0 Å². The van der Waals surface area contributed by atoms with Gasteiger partial charge in [-0.1, -0.05) is 0 Å². The summed E-state index contributed by atoms with van der Waals surface area (Å²) in [6.45, 7) is 2.48. The lowest BCUT2D eigenvalue weighted by atomic mass is 9.99. The van der Waals surface area contributed by atoms with E-state index in [0.717, 1.165) is 19.3 Å². The highest BCUT2D eigenvalue weighted by Crippen LogP contribution is 2.38. The van der Waals surface area contributed by atoms with Crippen molar-refractivity contribution in [1.29, 1.82) is 0 Å². The number of piperidine rings is 1. The number of amides is 2. The zero-order chi connectivity index (χ0) is 19.7. The van der Waals surface area contributed by atoms with Gasteiger partial charge in [0, 0.05) is 20.1 Å². The average molecular weight is 382 g/mol. The topological polar surface area (TPSA) is 23.6 Å². The van der Waals surface area contributed by atoms with Crippen LogP contribution in [0.25, 0.3) is 0 Å². The van der Waals surface area contributed by atoms with Crippen molar-refractivity contribution < 1.29 is 31.1 Å². The first kappa shape index (κ1) is 20.4. The van der Waals surface area contributed by atoms with Gasteiger partial charge in [-0.3, -0.25) is 0 Å². The van der Waals surface area contributed by atoms with Crippen molar-refractivity contribution in [2.75, 3.05) is 20.1 Å². The molecule has 0 aliphatic carbocycles. The van der Waals surface area contributed by atoms with Gasteiger partial charge in [0.25, 0.3) is 0 Å². The fraction of sp³-hybridized carbons (Fsp3) is 0.588. The third kappa shape index (κ3) is 4.62. The quantitative estimate of drug-likeness (QED) is 0.635. The van der Waals surface area contributed by atoms with Crippen molar-refractivity contribution in [2.24, 2.45) is 0 Å². The maximum Gasteiger partial charge on any atom is 0.416 e. The SMILES string of the molecule is C[C@@H](c1cc(C(F)(F)F)cc(C(F)(F)F)c1)N(C)C(=O)N1CCCCC1. The van der Waals surface area contributed by atoms with Crippen molar-refractivity contribution in [2.45, 2.75) is 44.6 Å². The molecular formula is C17H20F6N2O. The Hall–Kier alpha value is -1.93. The zero-order valence-electron chi connectivity index (χ0n) is 14.4. The van der Waals surface area contributed by atoms with Crippen LogP contribution in [0, 0.1) is 0 Å². The molecule has 2 amide bonds. The lowest BCUT2D eigenvalue weighted by molar-refractivity contribution is -0.143. The van der Waals surface area contributed by atoms with Crippen LogP contribution in [0.1, 0.15) is 48.9 Å². The average Bonchev–Trinajstić information content (AvgIpc) is 2.58. The number of benzene rings is 1. The minimum Gasteiger partial charge on any atom is -0.325 e. The Balaban J connectivity index is 2.34. The molecule has 0 bridgehead atoms. The monoisotopic (exact) mass is 382 g/mol. The number of hydrogen-bond acceptors (Lipinski definition) is 1. The van der Waals surface area contributed by atoms with Gasteiger partial charge in [-0.25, -0.2) is 4.79 Å². The number of carbonyl (C=O) groups is 1. The second kappa shape index (κ2) is 7.36. The molecule has 1 aromatic rings. The van der Waals surface area contributed by atoms with E-state index < -0.39 is 35.6 Å². The van der Waals surface area contributed by atoms with Crippen LogP contribution in [0.15, 0.2) is 18.2 Å². The number of carbonyl (C=O) groups excluding carboxylic acids is 1. The molecular weight excluding hydrogens is 362 g/mol. The molecule has 146 valence electrons. The van der Waals surface area contributed by atoms with Crippen molar-refractivity contribution >= 4 is 6.03 Å². The highest BCUT2D eigenvalue weighted by atomic mass is 19.4. The normalized spacial score (nSPS) is 17.2. The summed E-state index contributed by atoms with van der Waals surface area (Å²) in [6, 6.07) is 0.0821. The van der Waals surface area contributed by atoms with Crippen LogP contribution in [0.5, 0.6) is 0 Å². The molecule has 1 heterocycles. The lowest BCUT2D eigenvalue weighted by Gasteiger charge is -2.34. The Morgan fingerprint density at radius 1 is 0.962 bits per heavy atom. The Bertz CT molecular complexity index is 617. The van der Waals surface area contributed by atoms with Gasteiger partial charge in [-0.05, 0) is 49.9 Å². The number of rotatable bonds is 2. The summed E-state index contributed by atoms with van der Waals surface area (Å²) in [6.07, 6.45) is -7.17. The molecule has 0 radical (unpaired) electrons. The van der Waals surface area contributed by atoms with E-state index in [1.165, 1.54) is 18.9 Å². The second-order valence-electron chi connectivity index (χ2n) is 6.46. The molecule has 9 heteroatoms. The van der Waals surface area contributed by atoms with E-state index in [9.17, 15) is 31.1 Å². The molecule has 26 heavy (non-hydrogen) atoms. The summed E-state index contributed by atoms with van der Waals surface area (Å²) < 4.78 is 78.0. The minimum absolute atomic E-state index is 0.0860. The van der Waals surface area contributed by atoms with Crippen molar-refractivity contribution in [3.63, 3.8) is 0 Å². The van der Waals surface area contributed by atoms with Crippen LogP contribution < -0.4 is 0 Å². The fourth-order valence-electron chi connectivity index (χ4n) is 2.92. The fourth-order valence-corrected chi connectivity index (χ4v) is 2.92. The Labute approximate surface area is 147 Å². The van der Waals surface area contributed by atoms with E-state index >= 15 is 0 Å². The van der Waals surface area contributed by atoms with Crippen LogP contribution in [-0.2, 0) is 12.4 Å². The van der Waals surface area contributed by atoms with Gasteiger partial charge >= 0.3 is 18.4 Å². The number of likely N-dealkylation sites (tertiary alicyclic amines) is 1. The van der Waals surface area contributed by atoms with Crippen LogP contribution in [0.4, 0.5) is 31.1 Å². The molecule has 2 rings (SSSR count). The molecule has 0 aromatic heterocycles. The summed E-state index contributed by atoms with van der Waals surface area (Å²) in [5, 5.41) is 0. The van der Waals surface area contributed by atoms with Crippen LogP contribution in [0.2, 0.25) is 0 Å². The Morgan fingerprint density at radius 2 is 1.42 bits per heavy atom. The second-order valence-corrected chi connectivity index (χ2v) is 6.46. The van der Waals surface area contributed by atoms with Gasteiger partial charge in [0.2, 0.25) is 0 Å². The van der Waals surface area contributed by atoms with Crippen molar-refractivity contribution in [3.05, 3.63) is 34.9 Å². The molecule has 3 nitrogen and oxygen atoms in total. The molecule has 0 saturated carbocycles. The minimum atomic E-state index is -4.91. The predicted molar refractivity (Wildman–Crippen MR) is 83.4 cm³/mol. The summed E-state index contributed by atoms with van der Waals surface area (Å²) in [5.41, 5.74) is -2.97. The number of halogens is 6. The number of alkyl halides is 6. The maximum absolute atomic E-state index is 13.0. The van der Waals surface area contributed by atoms with E-state index in [1.54, 1.807) is 4.90 Å². The third-order valence-electron chi connectivity index (χ3n) is 4.60. The van der Waals surface area contributed by atoms with Gasteiger partial charge in [-0.15, -0.1) is 0 Å². The summed E-state index contributed by atoms with van der Waals surface area (Å²) in [5.74, 6) is 0. The van der Waals surface area contributed by atoms with E-state index in [1.807, 2.05) is 0 Å². The maximum atomic E-state index is 13.0. The van der Waals surface area contributed by atoms with E-state index in [0.29, 0.717) is 25.2 Å². The van der Waals surface area contributed by atoms with Gasteiger partial charge < -0.3 is 9.80 Å². The largest absolute Gasteiger partial charge is 0.416 e. The molecule has 1 aromatic carbocycles. The first-order valence-corrected chi connectivity index (χ1v) is 8.22. The summed E-state index contributed by atoms with van der Waals surface area (Å²) in [7, 11) is 1.38. The van der Waals surface area contributed by atoms with Crippen LogP contribution in [-0.4, -0.2) is 36.0 Å². The Morgan fingerprint density at radius 3 is 1.85 bits per heavy atom. The van der Waals surface area contributed by atoms with Gasteiger partial charge in [0.15, 0.2) is 0 Å². The molecule has 1 aliphatic rings. The number of nitrogens with zero attached hydrogens (tertiary/aromatic N) is 2. The molecule has 1 aliphatic heterocycles. The molecule has 1 atom stereocenters. The van der Waals surface area contributed by atoms with Crippen molar-refractivity contribution in [3.8, 4) is 0 Å². The molecule has 0 unspecified atom stereocenters. The smallest absolute Gasteiger partial charge is 0.325 e. The standard InChI is InChI=1S/C17H20F6N2O/c1-11(24(2)15(26)25-6-4-3-5-7-25)12-8-13(16(18,19)20)10-14(9-12)17(21,22)23/h8-11H,3-7H2,1-2H3/t11-/m0/s1. The third-order valence-corrected chi connectivity index (χ3v) is 4.60. The molecule has 1 fully saturated rings. The Kier molecular flexibility index (Phi) is 5.77. The predicted octanol–water partition coefficient (Wildman–Crippen LogP) is 5.32. The summed E-state index contributed by atoms with van der Waals surface area (Å²) in [4.78, 5) is 15.2. The highest BCUT2D eigenvalue weighted by Gasteiger charge is 2.38. The van der Waals surface area contributed by atoms with Crippen LogP contribution in [0.3, 0.4) is 0 Å². The number of hydrogen-bond donors (Lipinski definition) is 0. The molecule has 0 spiro atoms. The van der Waals surface area contributed by atoms with E-state index in [-0.39, 0.29) is 11.6 Å².